The van der Waals surface area contributed by atoms with Crippen LogP contribution in [0.4, 0.5) is 0 Å². The smallest absolute Gasteiger partial charge is 0.231 e. The van der Waals surface area contributed by atoms with Gasteiger partial charge in [0.15, 0.2) is 5.76 Å². The van der Waals surface area contributed by atoms with Gasteiger partial charge in [-0.25, -0.2) is 0 Å². The summed E-state index contributed by atoms with van der Waals surface area (Å²) in [6.45, 7) is 4.36. The highest BCUT2D eigenvalue weighted by atomic mass is 16.5. The van der Waals surface area contributed by atoms with Crippen molar-refractivity contribution in [3.05, 3.63) is 58.8 Å². The summed E-state index contributed by atoms with van der Waals surface area (Å²) >= 11 is 0. The van der Waals surface area contributed by atoms with Gasteiger partial charge < -0.3 is 19.5 Å². The van der Waals surface area contributed by atoms with Crippen LogP contribution in [0, 0.1) is 0 Å². The molecule has 0 spiro atoms. The fourth-order valence-corrected chi connectivity index (χ4v) is 3.56. The average Bonchev–Trinajstić information content (AvgIpc) is 3.01. The van der Waals surface area contributed by atoms with Gasteiger partial charge in [0.05, 0.1) is 18.2 Å². The first kappa shape index (κ1) is 18.5. The first-order valence-corrected chi connectivity index (χ1v) is 9.39. The molecule has 0 atom stereocenters. The van der Waals surface area contributed by atoms with Gasteiger partial charge in [-0.1, -0.05) is 12.1 Å². The van der Waals surface area contributed by atoms with Crippen LogP contribution < -0.4 is 9.47 Å². The number of nitrogens with zero attached hydrogens (tertiary/aromatic N) is 2. The molecule has 146 valence electrons. The molecule has 4 rings (SSSR count). The van der Waals surface area contributed by atoms with Crippen molar-refractivity contribution in [2.45, 2.75) is 6.54 Å². The number of allylic oxidation sites excluding steroid dienone is 1. The van der Waals surface area contributed by atoms with Crippen LogP contribution in [-0.4, -0.2) is 61.0 Å². The number of piperazine rings is 1. The lowest BCUT2D eigenvalue weighted by Gasteiger charge is -2.32. The largest absolute Gasteiger partial charge is 0.507 e. The van der Waals surface area contributed by atoms with Crippen LogP contribution in [-0.2, 0) is 6.54 Å². The molecule has 28 heavy (non-hydrogen) atoms. The molecule has 1 N–H and O–H groups in total. The molecule has 2 aliphatic heterocycles. The SMILES string of the molecule is COc1cccc(C=C2Oc3c(ccc(O)c3CN3CCN(C)CC3)C2=O)c1. The minimum Gasteiger partial charge on any atom is -0.507 e. The van der Waals surface area contributed by atoms with Crippen molar-refractivity contribution < 1.29 is 19.4 Å². The van der Waals surface area contributed by atoms with Crippen molar-refractivity contribution in [1.82, 2.24) is 9.80 Å². The van der Waals surface area contributed by atoms with E-state index in [1.165, 1.54) is 0 Å². The summed E-state index contributed by atoms with van der Waals surface area (Å²) in [5.74, 6) is 1.43. The lowest BCUT2D eigenvalue weighted by Crippen LogP contribution is -2.43. The summed E-state index contributed by atoms with van der Waals surface area (Å²) in [7, 11) is 3.71. The van der Waals surface area contributed by atoms with Crippen LogP contribution in [0.3, 0.4) is 0 Å². The molecule has 0 bridgehead atoms. The highest BCUT2D eigenvalue weighted by Crippen LogP contribution is 2.40. The number of benzene rings is 2. The number of rotatable bonds is 4. The maximum absolute atomic E-state index is 12.8. The van der Waals surface area contributed by atoms with Crippen molar-refractivity contribution in [3.8, 4) is 17.2 Å². The Morgan fingerprint density at radius 1 is 1.18 bits per heavy atom. The maximum atomic E-state index is 12.8. The number of phenols is 1. The molecule has 0 amide bonds. The van der Waals surface area contributed by atoms with Crippen molar-refractivity contribution in [2.24, 2.45) is 0 Å². The minimum absolute atomic E-state index is 0.160. The van der Waals surface area contributed by atoms with Crippen molar-refractivity contribution >= 4 is 11.9 Å². The normalized spacial score (nSPS) is 18.9. The molecule has 0 saturated carbocycles. The zero-order chi connectivity index (χ0) is 19.7. The number of fused-ring (bicyclic) bond motifs is 1. The monoisotopic (exact) mass is 380 g/mol. The minimum atomic E-state index is -0.169. The number of aromatic hydroxyl groups is 1. The van der Waals surface area contributed by atoms with E-state index in [4.69, 9.17) is 9.47 Å². The van der Waals surface area contributed by atoms with Crippen molar-refractivity contribution in [1.29, 1.82) is 0 Å². The number of Topliss-reactive ketones (excluding diaryl/α,β-unsaturated/α-hetero) is 1. The van der Waals surface area contributed by atoms with Gasteiger partial charge in [0.2, 0.25) is 5.78 Å². The van der Waals surface area contributed by atoms with E-state index in [9.17, 15) is 9.90 Å². The molecule has 2 aromatic carbocycles. The van der Waals surface area contributed by atoms with Crippen LogP contribution in [0.5, 0.6) is 17.2 Å². The Kier molecular flexibility index (Phi) is 5.07. The van der Waals surface area contributed by atoms with Crippen LogP contribution in [0.25, 0.3) is 6.08 Å². The molecule has 0 aromatic heterocycles. The number of likely N-dealkylation sites (N-methyl/N-ethyl adjacent to an activating group) is 1. The summed E-state index contributed by atoms with van der Waals surface area (Å²) in [4.78, 5) is 17.4. The third-order valence-electron chi connectivity index (χ3n) is 5.29. The summed E-state index contributed by atoms with van der Waals surface area (Å²) < 4.78 is 11.2. The van der Waals surface area contributed by atoms with Crippen LogP contribution in [0.15, 0.2) is 42.2 Å². The van der Waals surface area contributed by atoms with Gasteiger partial charge in [0.25, 0.3) is 0 Å². The molecule has 0 radical (unpaired) electrons. The number of methoxy groups -OCH3 is 1. The molecule has 0 aliphatic carbocycles. The third kappa shape index (κ3) is 3.61. The zero-order valence-corrected chi connectivity index (χ0v) is 16.1. The molecular weight excluding hydrogens is 356 g/mol. The molecular formula is C22H24N2O4. The Bertz CT molecular complexity index is 930. The fourth-order valence-electron chi connectivity index (χ4n) is 3.56. The zero-order valence-electron chi connectivity index (χ0n) is 16.1. The standard InChI is InChI=1S/C22H24N2O4/c1-23-8-10-24(11-9-23)14-18-19(25)7-6-17-21(26)20(28-22(17)18)13-15-4-3-5-16(12-15)27-2/h3-7,12-13,25H,8-11,14H2,1-2H3. The second kappa shape index (κ2) is 7.66. The van der Waals surface area contributed by atoms with Gasteiger partial charge in [-0.05, 0) is 43.0 Å². The first-order chi connectivity index (χ1) is 13.5. The first-order valence-electron chi connectivity index (χ1n) is 9.39. The van der Waals surface area contributed by atoms with Crippen LogP contribution in [0.2, 0.25) is 0 Å². The molecule has 1 saturated heterocycles. The van der Waals surface area contributed by atoms with E-state index in [1.807, 2.05) is 24.3 Å². The highest BCUT2D eigenvalue weighted by molar-refractivity contribution is 6.15. The van der Waals surface area contributed by atoms with Crippen molar-refractivity contribution in [2.75, 3.05) is 40.3 Å². The molecule has 2 heterocycles. The highest BCUT2D eigenvalue weighted by Gasteiger charge is 2.32. The topological polar surface area (TPSA) is 62.2 Å². The Hall–Kier alpha value is -2.83. The number of hydrogen-bond acceptors (Lipinski definition) is 6. The fraction of sp³-hybridized carbons (Fsp3) is 0.318. The van der Waals surface area contributed by atoms with Gasteiger partial charge >= 0.3 is 0 Å². The van der Waals surface area contributed by atoms with Crippen molar-refractivity contribution in [3.63, 3.8) is 0 Å². The van der Waals surface area contributed by atoms with E-state index in [1.54, 1.807) is 25.3 Å². The summed E-state index contributed by atoms with van der Waals surface area (Å²) in [6.07, 6.45) is 1.71. The third-order valence-corrected chi connectivity index (χ3v) is 5.29. The van der Waals surface area contributed by atoms with E-state index in [-0.39, 0.29) is 17.3 Å². The number of carbonyl (C=O) groups is 1. The van der Waals surface area contributed by atoms with Gasteiger partial charge in [-0.15, -0.1) is 0 Å². The van der Waals surface area contributed by atoms with Crippen LogP contribution in [0.1, 0.15) is 21.5 Å². The summed E-state index contributed by atoms with van der Waals surface area (Å²) in [5.41, 5.74) is 1.99. The Labute approximate surface area is 164 Å². The molecule has 2 aliphatic rings. The van der Waals surface area contributed by atoms with Gasteiger partial charge in [0.1, 0.15) is 17.2 Å². The number of phenolic OH excluding ortho intramolecular Hbond substituents is 1. The van der Waals surface area contributed by atoms with E-state index in [0.29, 0.717) is 29.2 Å². The Balaban J connectivity index is 1.62. The molecule has 1 fully saturated rings. The summed E-state index contributed by atoms with van der Waals surface area (Å²) in [6, 6.07) is 10.7. The maximum Gasteiger partial charge on any atom is 0.231 e. The van der Waals surface area contributed by atoms with E-state index in [0.717, 1.165) is 31.7 Å². The number of ketones is 1. The lowest BCUT2D eigenvalue weighted by molar-refractivity contribution is 0.101. The molecule has 6 heteroatoms. The van der Waals surface area contributed by atoms with E-state index >= 15 is 0 Å². The second-order valence-corrected chi connectivity index (χ2v) is 7.24. The average molecular weight is 380 g/mol. The van der Waals surface area contributed by atoms with Gasteiger partial charge in [-0.2, -0.15) is 0 Å². The predicted molar refractivity (Wildman–Crippen MR) is 107 cm³/mol. The predicted octanol–water partition coefficient (Wildman–Crippen LogP) is 2.76. The number of ether oxygens (including phenoxy) is 2. The number of carbonyl (C=O) groups excluding carboxylic acids is 1. The van der Waals surface area contributed by atoms with Gasteiger partial charge in [0, 0.05) is 32.7 Å². The quantitative estimate of drug-likeness (QED) is 0.823. The molecule has 6 nitrogen and oxygen atoms in total. The Morgan fingerprint density at radius 2 is 1.96 bits per heavy atom. The molecule has 0 unspecified atom stereocenters. The number of hydrogen-bond donors (Lipinski definition) is 1. The molecule has 2 aromatic rings. The lowest BCUT2D eigenvalue weighted by atomic mass is 10.0. The van der Waals surface area contributed by atoms with E-state index < -0.39 is 0 Å². The summed E-state index contributed by atoms with van der Waals surface area (Å²) in [5, 5.41) is 10.4. The second-order valence-electron chi connectivity index (χ2n) is 7.24. The Morgan fingerprint density at radius 3 is 2.71 bits per heavy atom. The van der Waals surface area contributed by atoms with Gasteiger partial charge in [-0.3, -0.25) is 9.69 Å². The van der Waals surface area contributed by atoms with E-state index in [2.05, 4.69) is 16.8 Å². The van der Waals surface area contributed by atoms with Crippen LogP contribution >= 0.6 is 0 Å².